The molecule has 0 aliphatic carbocycles. The van der Waals surface area contributed by atoms with E-state index in [1.165, 1.54) is 16.4 Å². The van der Waals surface area contributed by atoms with Gasteiger partial charge in [-0.1, -0.05) is 26.0 Å². The number of carbonyl (C=O) groups is 1. The van der Waals surface area contributed by atoms with Crippen molar-refractivity contribution in [1.82, 2.24) is 9.62 Å². The van der Waals surface area contributed by atoms with Gasteiger partial charge in [-0.15, -0.1) is 0 Å². The van der Waals surface area contributed by atoms with Crippen molar-refractivity contribution < 1.29 is 22.7 Å². The third kappa shape index (κ3) is 4.28. The minimum atomic E-state index is -3.60. The number of rotatable bonds is 8. The number of benzene rings is 2. The molecule has 7 nitrogen and oxygen atoms in total. The molecule has 0 atom stereocenters. The van der Waals surface area contributed by atoms with Crippen molar-refractivity contribution >= 4 is 15.9 Å². The lowest BCUT2D eigenvalue weighted by Crippen LogP contribution is -2.31. The van der Waals surface area contributed by atoms with Gasteiger partial charge in [-0.25, -0.2) is 8.42 Å². The molecule has 150 valence electrons. The van der Waals surface area contributed by atoms with Gasteiger partial charge in [0.05, 0.1) is 4.90 Å². The second-order valence-corrected chi connectivity index (χ2v) is 8.25. The zero-order valence-electron chi connectivity index (χ0n) is 16.0. The molecule has 1 N–H and O–H groups in total. The summed E-state index contributed by atoms with van der Waals surface area (Å²) in [4.78, 5) is 12.6. The summed E-state index contributed by atoms with van der Waals surface area (Å²) in [5, 5.41) is 2.83. The third-order valence-corrected chi connectivity index (χ3v) is 6.62. The van der Waals surface area contributed by atoms with E-state index in [2.05, 4.69) is 5.32 Å². The Hall–Kier alpha value is -2.58. The summed E-state index contributed by atoms with van der Waals surface area (Å²) >= 11 is 0. The SMILES string of the molecule is CCN(CC)S(=O)(=O)c1cccc(C(=O)NCCc2ccc3c(c2)OCO3)c1. The van der Waals surface area contributed by atoms with E-state index in [1.54, 1.807) is 26.0 Å². The molecule has 0 saturated heterocycles. The highest BCUT2D eigenvalue weighted by molar-refractivity contribution is 7.89. The first-order valence-electron chi connectivity index (χ1n) is 9.22. The van der Waals surface area contributed by atoms with Gasteiger partial charge in [0, 0.05) is 25.2 Å². The van der Waals surface area contributed by atoms with Crippen LogP contribution in [0.1, 0.15) is 29.8 Å². The Morgan fingerprint density at radius 1 is 1.07 bits per heavy atom. The number of fused-ring (bicyclic) bond motifs is 1. The molecule has 0 spiro atoms. The molecule has 0 bridgehead atoms. The topological polar surface area (TPSA) is 84.9 Å². The van der Waals surface area contributed by atoms with Crippen LogP contribution in [0.3, 0.4) is 0 Å². The molecule has 1 heterocycles. The molecule has 8 heteroatoms. The molecule has 0 unspecified atom stereocenters. The molecule has 0 radical (unpaired) electrons. The van der Waals surface area contributed by atoms with Crippen molar-refractivity contribution in [3.63, 3.8) is 0 Å². The summed E-state index contributed by atoms with van der Waals surface area (Å²) in [6.45, 7) is 4.98. The average Bonchev–Trinajstić information content (AvgIpc) is 3.16. The molecule has 28 heavy (non-hydrogen) atoms. The Labute approximate surface area is 165 Å². The molecular formula is C20H24N2O5S. The molecule has 1 aliphatic rings. The number of ether oxygens (including phenoxy) is 2. The summed E-state index contributed by atoms with van der Waals surface area (Å²) in [6.07, 6.45) is 0.625. The largest absolute Gasteiger partial charge is 0.454 e. The number of amides is 1. The van der Waals surface area contributed by atoms with Crippen LogP contribution in [0.2, 0.25) is 0 Å². The van der Waals surface area contributed by atoms with Gasteiger partial charge in [0.2, 0.25) is 16.8 Å². The van der Waals surface area contributed by atoms with Crippen molar-refractivity contribution in [3.8, 4) is 11.5 Å². The fourth-order valence-electron chi connectivity index (χ4n) is 3.03. The first-order valence-corrected chi connectivity index (χ1v) is 10.7. The van der Waals surface area contributed by atoms with Gasteiger partial charge in [0.25, 0.3) is 5.91 Å². The fourth-order valence-corrected chi connectivity index (χ4v) is 4.53. The highest BCUT2D eigenvalue weighted by atomic mass is 32.2. The lowest BCUT2D eigenvalue weighted by Gasteiger charge is -2.18. The van der Waals surface area contributed by atoms with Gasteiger partial charge in [0.1, 0.15) is 0 Å². The highest BCUT2D eigenvalue weighted by Gasteiger charge is 2.22. The van der Waals surface area contributed by atoms with E-state index >= 15 is 0 Å². The maximum absolute atomic E-state index is 12.6. The minimum absolute atomic E-state index is 0.125. The number of nitrogens with zero attached hydrogens (tertiary/aromatic N) is 1. The Balaban J connectivity index is 1.63. The van der Waals surface area contributed by atoms with Crippen LogP contribution in [-0.2, 0) is 16.4 Å². The minimum Gasteiger partial charge on any atom is -0.454 e. The number of hydrogen-bond acceptors (Lipinski definition) is 5. The molecular weight excluding hydrogens is 380 g/mol. The zero-order chi connectivity index (χ0) is 20.1. The number of hydrogen-bond donors (Lipinski definition) is 1. The molecule has 2 aromatic rings. The molecule has 0 fully saturated rings. The second kappa shape index (κ2) is 8.62. The van der Waals surface area contributed by atoms with Gasteiger partial charge >= 0.3 is 0 Å². The van der Waals surface area contributed by atoms with E-state index in [-0.39, 0.29) is 17.6 Å². The summed E-state index contributed by atoms with van der Waals surface area (Å²) in [7, 11) is -3.60. The third-order valence-electron chi connectivity index (χ3n) is 4.58. The first kappa shape index (κ1) is 20.2. The van der Waals surface area contributed by atoms with Crippen LogP contribution in [0.4, 0.5) is 0 Å². The van der Waals surface area contributed by atoms with Crippen LogP contribution < -0.4 is 14.8 Å². The van der Waals surface area contributed by atoms with Gasteiger partial charge < -0.3 is 14.8 Å². The number of nitrogens with one attached hydrogen (secondary N) is 1. The maximum atomic E-state index is 12.6. The fraction of sp³-hybridized carbons (Fsp3) is 0.350. The van der Waals surface area contributed by atoms with Crippen LogP contribution in [0.25, 0.3) is 0 Å². The van der Waals surface area contributed by atoms with Crippen molar-refractivity contribution in [2.45, 2.75) is 25.2 Å². The average molecular weight is 404 g/mol. The van der Waals surface area contributed by atoms with Crippen molar-refractivity contribution in [2.24, 2.45) is 0 Å². The quantitative estimate of drug-likeness (QED) is 0.730. The van der Waals surface area contributed by atoms with E-state index < -0.39 is 10.0 Å². The Kier molecular flexibility index (Phi) is 6.21. The molecule has 0 aromatic heterocycles. The van der Waals surface area contributed by atoms with Crippen molar-refractivity contribution in [2.75, 3.05) is 26.4 Å². The van der Waals surface area contributed by atoms with Gasteiger partial charge in [-0.2, -0.15) is 4.31 Å². The smallest absolute Gasteiger partial charge is 0.251 e. The van der Waals surface area contributed by atoms with E-state index in [9.17, 15) is 13.2 Å². The molecule has 0 saturated carbocycles. The normalized spacial score (nSPS) is 13.0. The lowest BCUT2D eigenvalue weighted by atomic mass is 10.1. The molecule has 2 aromatic carbocycles. The number of carbonyl (C=O) groups excluding carboxylic acids is 1. The summed E-state index contributed by atoms with van der Waals surface area (Å²) < 4.78 is 37.3. The highest BCUT2D eigenvalue weighted by Crippen LogP contribution is 2.32. The van der Waals surface area contributed by atoms with Crippen LogP contribution in [-0.4, -0.2) is 45.1 Å². The molecule has 1 aliphatic heterocycles. The second-order valence-electron chi connectivity index (χ2n) is 6.31. The van der Waals surface area contributed by atoms with E-state index in [0.29, 0.717) is 37.4 Å². The van der Waals surface area contributed by atoms with Gasteiger partial charge in [0.15, 0.2) is 11.5 Å². The monoisotopic (exact) mass is 404 g/mol. The van der Waals surface area contributed by atoms with Gasteiger partial charge in [-0.05, 0) is 42.3 Å². The van der Waals surface area contributed by atoms with Crippen molar-refractivity contribution in [1.29, 1.82) is 0 Å². The standard InChI is InChI=1S/C20H24N2O5S/c1-3-22(4-2)28(24,25)17-7-5-6-16(13-17)20(23)21-11-10-15-8-9-18-19(12-15)27-14-26-18/h5-9,12-13H,3-4,10-11,14H2,1-2H3,(H,21,23). The Morgan fingerprint density at radius 2 is 1.82 bits per heavy atom. The zero-order valence-corrected chi connectivity index (χ0v) is 16.8. The van der Waals surface area contributed by atoms with Gasteiger partial charge in [-0.3, -0.25) is 4.79 Å². The van der Waals surface area contributed by atoms with E-state index in [1.807, 2.05) is 18.2 Å². The molecule has 1 amide bonds. The molecule has 3 rings (SSSR count). The van der Waals surface area contributed by atoms with Crippen LogP contribution in [0.15, 0.2) is 47.4 Å². The summed E-state index contributed by atoms with van der Waals surface area (Å²) in [5.74, 6) is 1.12. The number of sulfonamides is 1. The predicted molar refractivity (Wildman–Crippen MR) is 105 cm³/mol. The van der Waals surface area contributed by atoms with E-state index in [0.717, 1.165) is 11.3 Å². The summed E-state index contributed by atoms with van der Waals surface area (Å²) in [5.41, 5.74) is 1.33. The Bertz CT molecular complexity index is 955. The predicted octanol–water partition coefficient (Wildman–Crippen LogP) is 2.42. The van der Waals surface area contributed by atoms with Crippen molar-refractivity contribution in [3.05, 3.63) is 53.6 Å². The summed E-state index contributed by atoms with van der Waals surface area (Å²) in [6, 6.07) is 11.8. The van der Waals surface area contributed by atoms with Crippen LogP contribution in [0.5, 0.6) is 11.5 Å². The lowest BCUT2D eigenvalue weighted by molar-refractivity contribution is 0.0954. The van der Waals surface area contributed by atoms with Crippen LogP contribution >= 0.6 is 0 Å². The van der Waals surface area contributed by atoms with E-state index in [4.69, 9.17) is 9.47 Å². The Morgan fingerprint density at radius 3 is 2.57 bits per heavy atom. The first-order chi connectivity index (χ1) is 13.5. The van der Waals surface area contributed by atoms with Crippen LogP contribution in [0, 0.1) is 0 Å². The maximum Gasteiger partial charge on any atom is 0.251 e.